The molecule has 2 bridgehead atoms. The van der Waals surface area contributed by atoms with Gasteiger partial charge in [-0.05, 0) is 69.1 Å². The van der Waals surface area contributed by atoms with E-state index in [1.165, 1.54) is 16.3 Å². The van der Waals surface area contributed by atoms with Crippen molar-refractivity contribution in [3.05, 3.63) is 29.8 Å². The summed E-state index contributed by atoms with van der Waals surface area (Å²) in [7, 11) is -3.52. The highest BCUT2D eigenvalue weighted by molar-refractivity contribution is 7.86. The standard InChI is InChI=1S/C23H35N3O4S/c27-23-10-6-15-25(31(28,29)24-13-3-4-14-24)17-18-30-22-9-5-7-20(19-22)11-12-21-8-1-2-16-26(21)23/h5,7,9,19,21H,1-4,6,8,10-18H2. The highest BCUT2D eigenvalue weighted by Crippen LogP contribution is 2.24. The first-order valence-electron chi connectivity index (χ1n) is 11.8. The Bertz CT molecular complexity index is 854. The number of benzene rings is 1. The van der Waals surface area contributed by atoms with Gasteiger partial charge in [0.1, 0.15) is 12.4 Å². The van der Waals surface area contributed by atoms with Gasteiger partial charge in [-0.25, -0.2) is 0 Å². The SMILES string of the molecule is O=C1CCCN(S(=O)(=O)N2CCCC2)CCOc2cccc(c2)CCC2CCCCN12. The van der Waals surface area contributed by atoms with E-state index in [0.29, 0.717) is 45.6 Å². The monoisotopic (exact) mass is 449 g/mol. The number of ether oxygens (including phenoxy) is 1. The van der Waals surface area contributed by atoms with Gasteiger partial charge in [-0.3, -0.25) is 4.79 Å². The molecule has 4 rings (SSSR count). The number of aryl methyl sites for hydroxylation is 1. The van der Waals surface area contributed by atoms with E-state index >= 15 is 0 Å². The van der Waals surface area contributed by atoms with Crippen LogP contribution < -0.4 is 4.74 Å². The van der Waals surface area contributed by atoms with Crippen molar-refractivity contribution in [2.45, 2.75) is 63.8 Å². The minimum absolute atomic E-state index is 0.170. The second-order valence-corrected chi connectivity index (χ2v) is 10.8. The molecule has 3 heterocycles. The van der Waals surface area contributed by atoms with Crippen molar-refractivity contribution in [3.8, 4) is 5.75 Å². The minimum Gasteiger partial charge on any atom is -0.492 e. The summed E-state index contributed by atoms with van der Waals surface area (Å²) < 4.78 is 35.4. The highest BCUT2D eigenvalue weighted by Gasteiger charge is 2.32. The Morgan fingerprint density at radius 2 is 1.58 bits per heavy atom. The van der Waals surface area contributed by atoms with Gasteiger partial charge in [0.25, 0.3) is 10.2 Å². The lowest BCUT2D eigenvalue weighted by Crippen LogP contribution is -2.46. The molecule has 0 aliphatic carbocycles. The first-order chi connectivity index (χ1) is 15.0. The van der Waals surface area contributed by atoms with Crippen LogP contribution in [0.1, 0.15) is 56.9 Å². The molecule has 0 radical (unpaired) electrons. The molecule has 0 spiro atoms. The van der Waals surface area contributed by atoms with E-state index in [9.17, 15) is 13.2 Å². The van der Waals surface area contributed by atoms with Gasteiger partial charge < -0.3 is 9.64 Å². The first-order valence-corrected chi connectivity index (χ1v) is 13.2. The second-order valence-electron chi connectivity index (χ2n) is 8.89. The van der Waals surface area contributed by atoms with Crippen LogP contribution in [0.4, 0.5) is 0 Å². The summed E-state index contributed by atoms with van der Waals surface area (Å²) in [6, 6.07) is 8.35. The summed E-state index contributed by atoms with van der Waals surface area (Å²) in [6.45, 7) is 2.93. The van der Waals surface area contributed by atoms with Gasteiger partial charge >= 0.3 is 0 Å². The van der Waals surface area contributed by atoms with Gasteiger partial charge in [-0.2, -0.15) is 17.0 Å². The summed E-state index contributed by atoms with van der Waals surface area (Å²) in [4.78, 5) is 15.1. The average Bonchev–Trinajstić information content (AvgIpc) is 3.32. The number of hydrogen-bond donors (Lipinski definition) is 0. The number of amides is 1. The van der Waals surface area contributed by atoms with Crippen LogP contribution in [0, 0.1) is 0 Å². The van der Waals surface area contributed by atoms with E-state index in [0.717, 1.165) is 50.8 Å². The number of piperidine rings is 1. The molecule has 1 aromatic rings. The maximum Gasteiger partial charge on any atom is 0.282 e. The summed E-state index contributed by atoms with van der Waals surface area (Å²) in [6.07, 6.45) is 7.92. The topological polar surface area (TPSA) is 70.2 Å². The maximum absolute atomic E-state index is 13.2. The van der Waals surface area contributed by atoms with Crippen molar-refractivity contribution < 1.29 is 17.9 Å². The van der Waals surface area contributed by atoms with E-state index in [4.69, 9.17) is 4.74 Å². The molecule has 8 heteroatoms. The molecule has 3 aliphatic rings. The Kier molecular flexibility index (Phi) is 7.51. The van der Waals surface area contributed by atoms with Crippen LogP contribution in [-0.2, 0) is 21.4 Å². The summed E-state index contributed by atoms with van der Waals surface area (Å²) in [5.74, 6) is 0.950. The molecule has 0 aromatic heterocycles. The van der Waals surface area contributed by atoms with E-state index in [2.05, 4.69) is 11.0 Å². The fourth-order valence-corrected chi connectivity index (χ4v) is 6.70. The lowest BCUT2D eigenvalue weighted by molar-refractivity contribution is -0.135. The maximum atomic E-state index is 13.2. The Labute approximate surface area is 186 Å². The molecule has 2 fully saturated rings. The molecular formula is C23H35N3O4S. The molecule has 0 saturated carbocycles. The normalized spacial score (nSPS) is 25.4. The summed E-state index contributed by atoms with van der Waals surface area (Å²) in [5, 5.41) is 0. The van der Waals surface area contributed by atoms with Crippen LogP contribution in [0.2, 0.25) is 0 Å². The number of carbonyl (C=O) groups is 1. The molecule has 1 amide bonds. The van der Waals surface area contributed by atoms with E-state index < -0.39 is 10.2 Å². The third-order valence-corrected chi connectivity index (χ3v) is 8.77. The zero-order valence-electron chi connectivity index (χ0n) is 18.4. The number of fused-ring (bicyclic) bond motifs is 3. The van der Waals surface area contributed by atoms with Crippen molar-refractivity contribution >= 4 is 16.1 Å². The summed E-state index contributed by atoms with van der Waals surface area (Å²) >= 11 is 0. The van der Waals surface area contributed by atoms with Crippen LogP contribution in [0.25, 0.3) is 0 Å². The number of nitrogens with zero attached hydrogens (tertiary/aromatic N) is 3. The van der Waals surface area contributed by atoms with Crippen LogP contribution in [0.3, 0.4) is 0 Å². The highest BCUT2D eigenvalue weighted by atomic mass is 32.2. The van der Waals surface area contributed by atoms with Gasteiger partial charge in [0, 0.05) is 45.2 Å². The second kappa shape index (κ2) is 10.3. The Morgan fingerprint density at radius 1 is 0.839 bits per heavy atom. The van der Waals surface area contributed by atoms with Crippen molar-refractivity contribution in [3.63, 3.8) is 0 Å². The molecule has 2 saturated heterocycles. The van der Waals surface area contributed by atoms with Crippen LogP contribution in [0.5, 0.6) is 5.75 Å². The first kappa shape index (κ1) is 22.6. The van der Waals surface area contributed by atoms with Crippen LogP contribution in [-0.4, -0.2) is 73.2 Å². The van der Waals surface area contributed by atoms with Gasteiger partial charge in [-0.15, -0.1) is 0 Å². The molecule has 31 heavy (non-hydrogen) atoms. The zero-order valence-corrected chi connectivity index (χ0v) is 19.2. The van der Waals surface area contributed by atoms with E-state index in [-0.39, 0.29) is 11.9 Å². The van der Waals surface area contributed by atoms with Crippen molar-refractivity contribution in [1.82, 2.24) is 13.5 Å². The lowest BCUT2D eigenvalue weighted by Gasteiger charge is -2.36. The third-order valence-electron chi connectivity index (χ3n) is 6.74. The van der Waals surface area contributed by atoms with Gasteiger partial charge in [0.2, 0.25) is 5.91 Å². The van der Waals surface area contributed by atoms with Crippen LogP contribution in [0.15, 0.2) is 24.3 Å². The Balaban J connectivity index is 1.53. The molecule has 0 N–H and O–H groups in total. The number of hydrogen-bond acceptors (Lipinski definition) is 4. The van der Waals surface area contributed by atoms with E-state index in [1.807, 2.05) is 18.2 Å². The summed E-state index contributed by atoms with van der Waals surface area (Å²) in [5.41, 5.74) is 1.20. The predicted molar refractivity (Wildman–Crippen MR) is 120 cm³/mol. The Morgan fingerprint density at radius 3 is 2.42 bits per heavy atom. The quantitative estimate of drug-likeness (QED) is 0.696. The molecule has 7 nitrogen and oxygen atoms in total. The van der Waals surface area contributed by atoms with Crippen molar-refractivity contribution in [2.24, 2.45) is 0 Å². The molecule has 1 unspecified atom stereocenters. The van der Waals surface area contributed by atoms with Crippen molar-refractivity contribution in [2.75, 3.05) is 39.3 Å². The number of carbonyl (C=O) groups excluding carboxylic acids is 1. The van der Waals surface area contributed by atoms with Crippen molar-refractivity contribution in [1.29, 1.82) is 0 Å². The molecule has 1 atom stereocenters. The van der Waals surface area contributed by atoms with Gasteiger partial charge in [0.15, 0.2) is 0 Å². The molecule has 1 aromatic carbocycles. The molecule has 172 valence electrons. The molecule has 3 aliphatic heterocycles. The fraction of sp³-hybridized carbons (Fsp3) is 0.696. The number of rotatable bonds is 2. The third kappa shape index (κ3) is 5.59. The zero-order chi connectivity index (χ0) is 21.7. The van der Waals surface area contributed by atoms with Gasteiger partial charge in [-0.1, -0.05) is 12.1 Å². The lowest BCUT2D eigenvalue weighted by atomic mass is 9.95. The average molecular weight is 450 g/mol. The smallest absolute Gasteiger partial charge is 0.282 e. The largest absolute Gasteiger partial charge is 0.492 e. The minimum atomic E-state index is -3.52. The fourth-order valence-electron chi connectivity index (χ4n) is 4.99. The Hall–Kier alpha value is -1.64. The molecular weight excluding hydrogens is 414 g/mol. The van der Waals surface area contributed by atoms with Crippen LogP contribution >= 0.6 is 0 Å². The van der Waals surface area contributed by atoms with E-state index in [1.54, 1.807) is 4.31 Å². The van der Waals surface area contributed by atoms with Gasteiger partial charge in [0.05, 0.1) is 0 Å². The predicted octanol–water partition coefficient (Wildman–Crippen LogP) is 2.82.